The summed E-state index contributed by atoms with van der Waals surface area (Å²) in [6, 6.07) is 10.7. The van der Waals surface area contributed by atoms with E-state index in [0.717, 1.165) is 5.56 Å². The summed E-state index contributed by atoms with van der Waals surface area (Å²) in [5.41, 5.74) is 1.33. The van der Waals surface area contributed by atoms with Crippen molar-refractivity contribution in [3.8, 4) is 17.2 Å². The highest BCUT2D eigenvalue weighted by molar-refractivity contribution is 9.10. The molecule has 1 N–H and O–H groups in total. The van der Waals surface area contributed by atoms with Gasteiger partial charge in [0.05, 0.1) is 37.9 Å². The summed E-state index contributed by atoms with van der Waals surface area (Å²) in [5.74, 6) is 1.09. The van der Waals surface area contributed by atoms with Crippen LogP contribution >= 0.6 is 27.5 Å². The molecular formula is C20H19BrClN3O4. The number of hydrogen-bond acceptors (Lipinski definition) is 5. The average molecular weight is 481 g/mol. The summed E-state index contributed by atoms with van der Waals surface area (Å²) in [5, 5.41) is 7.90. The standard InChI is InChI=1S/C20H19BrClN3O4/c1-27-16-9-8-14(17(28-2)18(16)29-3)20(26)23-19-15(21)11-25(24-19)10-12-4-6-13(22)7-5-12/h4-9,11H,10H2,1-3H3,(H,23,24,26). The maximum Gasteiger partial charge on any atom is 0.260 e. The summed E-state index contributed by atoms with van der Waals surface area (Å²) in [6.45, 7) is 0.533. The quantitative estimate of drug-likeness (QED) is 0.534. The van der Waals surface area contributed by atoms with Crippen molar-refractivity contribution in [3.05, 3.63) is 63.2 Å². The van der Waals surface area contributed by atoms with Crippen LogP contribution in [-0.2, 0) is 6.54 Å². The van der Waals surface area contributed by atoms with E-state index in [-0.39, 0.29) is 11.7 Å². The summed E-state index contributed by atoms with van der Waals surface area (Å²) >= 11 is 9.36. The van der Waals surface area contributed by atoms with E-state index in [1.165, 1.54) is 21.3 Å². The SMILES string of the molecule is COc1ccc(C(=O)Nc2nn(Cc3ccc(Cl)cc3)cc2Br)c(OC)c1OC. The van der Waals surface area contributed by atoms with Gasteiger partial charge >= 0.3 is 0 Å². The van der Waals surface area contributed by atoms with Crippen molar-refractivity contribution in [3.63, 3.8) is 0 Å². The van der Waals surface area contributed by atoms with Gasteiger partial charge < -0.3 is 19.5 Å². The molecule has 3 rings (SSSR count). The Morgan fingerprint density at radius 1 is 1.07 bits per heavy atom. The molecule has 0 saturated carbocycles. The molecule has 7 nitrogen and oxygen atoms in total. The van der Waals surface area contributed by atoms with Crippen LogP contribution in [0.1, 0.15) is 15.9 Å². The third-order valence-corrected chi connectivity index (χ3v) is 4.99. The normalized spacial score (nSPS) is 10.5. The van der Waals surface area contributed by atoms with Crippen LogP contribution in [0.3, 0.4) is 0 Å². The first-order valence-electron chi connectivity index (χ1n) is 8.54. The molecule has 9 heteroatoms. The molecule has 0 aliphatic rings. The highest BCUT2D eigenvalue weighted by Gasteiger charge is 2.22. The number of halogens is 2. The molecular weight excluding hydrogens is 462 g/mol. The van der Waals surface area contributed by atoms with Gasteiger partial charge in [-0.1, -0.05) is 23.7 Å². The number of nitrogens with zero attached hydrogens (tertiary/aromatic N) is 2. The fraction of sp³-hybridized carbons (Fsp3) is 0.200. The van der Waals surface area contributed by atoms with Crippen molar-refractivity contribution < 1.29 is 19.0 Å². The van der Waals surface area contributed by atoms with Gasteiger partial charge in [-0.25, -0.2) is 0 Å². The van der Waals surface area contributed by atoms with Crippen molar-refractivity contribution in [2.75, 3.05) is 26.6 Å². The van der Waals surface area contributed by atoms with Gasteiger partial charge in [0.1, 0.15) is 0 Å². The Labute approximate surface area is 181 Å². The summed E-state index contributed by atoms with van der Waals surface area (Å²) in [6.07, 6.45) is 1.79. The topological polar surface area (TPSA) is 74.6 Å². The third kappa shape index (κ3) is 4.65. The number of carbonyl (C=O) groups excluding carboxylic acids is 1. The summed E-state index contributed by atoms with van der Waals surface area (Å²) in [4.78, 5) is 12.8. The van der Waals surface area contributed by atoms with E-state index in [1.807, 2.05) is 24.3 Å². The smallest absolute Gasteiger partial charge is 0.260 e. The zero-order chi connectivity index (χ0) is 21.0. The lowest BCUT2D eigenvalue weighted by Crippen LogP contribution is -2.15. The maximum absolute atomic E-state index is 12.8. The zero-order valence-electron chi connectivity index (χ0n) is 16.0. The Hall–Kier alpha value is -2.71. The van der Waals surface area contributed by atoms with Crippen molar-refractivity contribution in [2.24, 2.45) is 0 Å². The number of nitrogens with one attached hydrogen (secondary N) is 1. The molecule has 152 valence electrons. The van der Waals surface area contributed by atoms with Crippen molar-refractivity contribution in [1.82, 2.24) is 9.78 Å². The fourth-order valence-corrected chi connectivity index (χ4v) is 3.34. The second-order valence-corrected chi connectivity index (χ2v) is 7.28. The predicted molar refractivity (Wildman–Crippen MR) is 115 cm³/mol. The van der Waals surface area contributed by atoms with Gasteiger partial charge in [-0.3, -0.25) is 9.48 Å². The molecule has 2 aromatic carbocycles. The van der Waals surface area contributed by atoms with E-state index in [4.69, 9.17) is 25.8 Å². The molecule has 29 heavy (non-hydrogen) atoms. The van der Waals surface area contributed by atoms with E-state index in [9.17, 15) is 4.79 Å². The molecule has 0 spiro atoms. The average Bonchev–Trinajstić information content (AvgIpc) is 3.06. The zero-order valence-corrected chi connectivity index (χ0v) is 18.4. The largest absolute Gasteiger partial charge is 0.493 e. The third-order valence-electron chi connectivity index (χ3n) is 4.16. The summed E-state index contributed by atoms with van der Waals surface area (Å²) in [7, 11) is 4.46. The molecule has 0 atom stereocenters. The highest BCUT2D eigenvalue weighted by atomic mass is 79.9. The second-order valence-electron chi connectivity index (χ2n) is 5.99. The molecule has 0 bridgehead atoms. The molecule has 0 aliphatic carbocycles. The van der Waals surface area contributed by atoms with Gasteiger partial charge in [-0.2, -0.15) is 5.10 Å². The molecule has 0 radical (unpaired) electrons. The lowest BCUT2D eigenvalue weighted by molar-refractivity contribution is 0.102. The van der Waals surface area contributed by atoms with Crippen LogP contribution in [0.5, 0.6) is 17.2 Å². The minimum atomic E-state index is -0.389. The Morgan fingerprint density at radius 2 is 1.76 bits per heavy atom. The van der Waals surface area contributed by atoms with E-state index in [1.54, 1.807) is 23.0 Å². The van der Waals surface area contributed by atoms with Crippen LogP contribution in [-0.4, -0.2) is 37.0 Å². The fourth-order valence-electron chi connectivity index (χ4n) is 2.79. The Balaban J connectivity index is 1.82. The molecule has 1 heterocycles. The van der Waals surface area contributed by atoms with Gasteiger partial charge in [0.15, 0.2) is 17.3 Å². The number of benzene rings is 2. The van der Waals surface area contributed by atoms with E-state index in [2.05, 4.69) is 26.3 Å². The molecule has 0 aliphatic heterocycles. The highest BCUT2D eigenvalue weighted by Crippen LogP contribution is 2.40. The van der Waals surface area contributed by atoms with Gasteiger partial charge in [0, 0.05) is 11.2 Å². The first kappa shape index (κ1) is 21.0. The Morgan fingerprint density at radius 3 is 2.38 bits per heavy atom. The molecule has 3 aromatic rings. The maximum atomic E-state index is 12.8. The number of rotatable bonds is 7. The Kier molecular flexibility index (Phi) is 6.66. The monoisotopic (exact) mass is 479 g/mol. The van der Waals surface area contributed by atoms with Gasteiger partial charge in [-0.15, -0.1) is 0 Å². The minimum absolute atomic E-state index is 0.279. The van der Waals surface area contributed by atoms with Crippen molar-refractivity contribution in [1.29, 1.82) is 0 Å². The van der Waals surface area contributed by atoms with Gasteiger partial charge in [0.2, 0.25) is 5.75 Å². The van der Waals surface area contributed by atoms with Crippen LogP contribution in [0, 0.1) is 0 Å². The predicted octanol–water partition coefficient (Wildman–Crippen LogP) is 4.63. The Bertz CT molecular complexity index is 1020. The second kappa shape index (κ2) is 9.19. The number of methoxy groups -OCH3 is 3. The number of amides is 1. The molecule has 0 saturated heterocycles. The van der Waals surface area contributed by atoms with Crippen LogP contribution in [0.15, 0.2) is 47.1 Å². The lowest BCUT2D eigenvalue weighted by Gasteiger charge is -2.15. The van der Waals surface area contributed by atoms with Crippen LogP contribution in [0.4, 0.5) is 5.82 Å². The van der Waals surface area contributed by atoms with Gasteiger partial charge in [-0.05, 0) is 45.8 Å². The number of ether oxygens (including phenoxy) is 3. The van der Waals surface area contributed by atoms with Crippen molar-refractivity contribution in [2.45, 2.75) is 6.54 Å². The molecule has 0 unspecified atom stereocenters. The first-order chi connectivity index (χ1) is 14.0. The molecule has 1 amide bonds. The van der Waals surface area contributed by atoms with Crippen molar-refractivity contribution >= 4 is 39.3 Å². The van der Waals surface area contributed by atoms with Crippen LogP contribution in [0.25, 0.3) is 0 Å². The summed E-state index contributed by atoms with van der Waals surface area (Å²) < 4.78 is 18.3. The van der Waals surface area contributed by atoms with Crippen LogP contribution in [0.2, 0.25) is 5.02 Å². The number of aromatic nitrogens is 2. The van der Waals surface area contributed by atoms with E-state index < -0.39 is 0 Å². The lowest BCUT2D eigenvalue weighted by atomic mass is 10.1. The minimum Gasteiger partial charge on any atom is -0.493 e. The van der Waals surface area contributed by atoms with E-state index in [0.29, 0.717) is 38.9 Å². The number of hydrogen-bond donors (Lipinski definition) is 1. The van der Waals surface area contributed by atoms with E-state index >= 15 is 0 Å². The molecule has 1 aromatic heterocycles. The number of anilines is 1. The molecule has 0 fully saturated rings. The first-order valence-corrected chi connectivity index (χ1v) is 9.71. The van der Waals surface area contributed by atoms with Gasteiger partial charge in [0.25, 0.3) is 5.91 Å². The van der Waals surface area contributed by atoms with Crippen LogP contribution < -0.4 is 19.5 Å². The number of carbonyl (C=O) groups is 1.